The van der Waals surface area contributed by atoms with E-state index in [1.165, 1.54) is 5.56 Å². The largest absolute Gasteiger partial charge is 0.443 e. The second-order valence-corrected chi connectivity index (χ2v) is 6.18. The first-order valence-corrected chi connectivity index (χ1v) is 8.24. The molecule has 1 amide bonds. The summed E-state index contributed by atoms with van der Waals surface area (Å²) in [5.41, 5.74) is 3.00. The summed E-state index contributed by atoms with van der Waals surface area (Å²) in [4.78, 5) is 12.9. The number of rotatable bonds is 3. The molecule has 0 fully saturated rings. The van der Waals surface area contributed by atoms with E-state index in [0.717, 1.165) is 18.4 Å². The minimum absolute atomic E-state index is 0.0282. The molecule has 0 spiro atoms. The Morgan fingerprint density at radius 2 is 2.04 bits per heavy atom. The zero-order valence-electron chi connectivity index (χ0n) is 13.8. The molecule has 1 N–H and O–H groups in total. The van der Waals surface area contributed by atoms with E-state index in [1.54, 1.807) is 23.9 Å². The van der Waals surface area contributed by atoms with Gasteiger partial charge in [0, 0.05) is 12.4 Å². The SMILES string of the molecule is Cc1oc(-n2cccc2)c(C#N)c1C(=O)N[C@H]1CCc2ccccc21. The van der Waals surface area contributed by atoms with Gasteiger partial charge in [0.1, 0.15) is 23.0 Å². The van der Waals surface area contributed by atoms with Gasteiger partial charge in [-0.25, -0.2) is 0 Å². The lowest BCUT2D eigenvalue weighted by Gasteiger charge is -2.14. The molecule has 0 unspecified atom stereocenters. The molecular weight excluding hydrogens is 314 g/mol. The Bertz CT molecular complexity index is 977. The fraction of sp³-hybridized carbons (Fsp3) is 0.200. The third-order valence-corrected chi connectivity index (χ3v) is 4.68. The van der Waals surface area contributed by atoms with Gasteiger partial charge in [-0.05, 0) is 43.0 Å². The highest BCUT2D eigenvalue weighted by molar-refractivity contribution is 5.98. The summed E-state index contributed by atoms with van der Waals surface area (Å²) in [5.74, 6) is 0.559. The number of carbonyl (C=O) groups is 1. The molecule has 0 radical (unpaired) electrons. The summed E-state index contributed by atoms with van der Waals surface area (Å²) >= 11 is 0. The van der Waals surface area contributed by atoms with E-state index < -0.39 is 0 Å². The lowest BCUT2D eigenvalue weighted by Crippen LogP contribution is -2.28. The summed E-state index contributed by atoms with van der Waals surface area (Å²) in [5, 5.41) is 12.6. The van der Waals surface area contributed by atoms with Crippen LogP contribution < -0.4 is 5.32 Å². The Hall–Kier alpha value is -3.26. The van der Waals surface area contributed by atoms with Crippen molar-refractivity contribution in [2.45, 2.75) is 25.8 Å². The Kier molecular flexibility index (Phi) is 3.66. The average molecular weight is 331 g/mol. The van der Waals surface area contributed by atoms with Gasteiger partial charge in [0.05, 0.1) is 6.04 Å². The number of hydrogen-bond acceptors (Lipinski definition) is 3. The summed E-state index contributed by atoms with van der Waals surface area (Å²) in [6, 6.07) is 13.9. The maximum Gasteiger partial charge on any atom is 0.256 e. The van der Waals surface area contributed by atoms with Crippen LogP contribution in [0.25, 0.3) is 5.88 Å². The molecule has 1 atom stereocenters. The number of nitrogens with zero attached hydrogens (tertiary/aromatic N) is 2. The first-order chi connectivity index (χ1) is 12.2. The molecule has 1 aliphatic carbocycles. The standard InChI is InChI=1S/C20H17N3O2/c1-13-18(16(12-21)20(25-13)23-10-4-5-11-23)19(24)22-17-9-8-14-6-2-3-7-15(14)17/h2-7,10-11,17H,8-9H2,1H3,(H,22,24)/t17-/m0/s1. The number of fused-ring (bicyclic) bond motifs is 1. The number of amides is 1. The highest BCUT2D eigenvalue weighted by Crippen LogP contribution is 2.32. The first-order valence-electron chi connectivity index (χ1n) is 8.24. The van der Waals surface area contributed by atoms with Gasteiger partial charge >= 0.3 is 0 Å². The molecule has 2 aromatic heterocycles. The van der Waals surface area contributed by atoms with Crippen LogP contribution in [-0.2, 0) is 6.42 Å². The minimum Gasteiger partial charge on any atom is -0.443 e. The zero-order chi connectivity index (χ0) is 17.4. The highest BCUT2D eigenvalue weighted by atomic mass is 16.4. The van der Waals surface area contributed by atoms with Gasteiger partial charge in [-0.3, -0.25) is 9.36 Å². The second-order valence-electron chi connectivity index (χ2n) is 6.18. The number of nitrogens with one attached hydrogen (secondary N) is 1. The molecule has 124 valence electrons. The predicted octanol–water partition coefficient (Wildman–Crippen LogP) is 3.67. The molecule has 2 heterocycles. The zero-order valence-corrected chi connectivity index (χ0v) is 13.8. The van der Waals surface area contributed by atoms with Gasteiger partial charge in [0.25, 0.3) is 5.91 Å². The van der Waals surface area contributed by atoms with Crippen molar-refractivity contribution in [3.63, 3.8) is 0 Å². The molecule has 0 bridgehead atoms. The molecule has 3 aromatic rings. The van der Waals surface area contributed by atoms with Crippen molar-refractivity contribution < 1.29 is 9.21 Å². The lowest BCUT2D eigenvalue weighted by molar-refractivity contribution is 0.0935. The van der Waals surface area contributed by atoms with Crippen molar-refractivity contribution in [1.29, 1.82) is 5.26 Å². The van der Waals surface area contributed by atoms with E-state index in [0.29, 0.717) is 17.2 Å². The van der Waals surface area contributed by atoms with Crippen LogP contribution in [0.2, 0.25) is 0 Å². The smallest absolute Gasteiger partial charge is 0.256 e. The fourth-order valence-corrected chi connectivity index (χ4v) is 3.50. The number of benzene rings is 1. The van der Waals surface area contributed by atoms with E-state index in [1.807, 2.05) is 30.3 Å². The van der Waals surface area contributed by atoms with E-state index in [4.69, 9.17) is 4.42 Å². The monoisotopic (exact) mass is 331 g/mol. The summed E-state index contributed by atoms with van der Waals surface area (Å²) in [7, 11) is 0. The molecule has 1 aromatic carbocycles. The third kappa shape index (κ3) is 2.52. The summed E-state index contributed by atoms with van der Waals surface area (Å²) < 4.78 is 7.42. The summed E-state index contributed by atoms with van der Waals surface area (Å²) in [6.07, 6.45) is 5.39. The average Bonchev–Trinajstić information content (AvgIpc) is 3.33. The fourth-order valence-electron chi connectivity index (χ4n) is 3.50. The number of carbonyl (C=O) groups excluding carboxylic acids is 1. The Labute approximate surface area is 145 Å². The predicted molar refractivity (Wildman–Crippen MR) is 92.5 cm³/mol. The topological polar surface area (TPSA) is 71.0 Å². The molecule has 0 saturated carbocycles. The number of hydrogen-bond donors (Lipinski definition) is 1. The lowest BCUT2D eigenvalue weighted by atomic mass is 10.1. The quantitative estimate of drug-likeness (QED) is 0.796. The molecule has 25 heavy (non-hydrogen) atoms. The molecule has 5 nitrogen and oxygen atoms in total. The number of furan rings is 1. The van der Waals surface area contributed by atoms with Crippen LogP contribution >= 0.6 is 0 Å². The second kappa shape index (κ2) is 5.99. The van der Waals surface area contributed by atoms with Crippen molar-refractivity contribution in [2.75, 3.05) is 0 Å². The Morgan fingerprint density at radius 1 is 1.28 bits per heavy atom. The van der Waals surface area contributed by atoms with Crippen molar-refractivity contribution in [1.82, 2.24) is 9.88 Å². The van der Waals surface area contributed by atoms with Crippen LogP contribution in [0, 0.1) is 18.3 Å². The molecule has 4 rings (SSSR count). The maximum atomic E-state index is 12.9. The number of aryl methyl sites for hydroxylation is 2. The van der Waals surface area contributed by atoms with Gasteiger partial charge in [0.2, 0.25) is 5.88 Å². The van der Waals surface area contributed by atoms with Crippen molar-refractivity contribution in [3.05, 3.63) is 76.8 Å². The van der Waals surface area contributed by atoms with Crippen LogP contribution in [0.5, 0.6) is 0 Å². The number of nitriles is 1. The first kappa shape index (κ1) is 15.3. The maximum absolute atomic E-state index is 12.9. The third-order valence-electron chi connectivity index (χ3n) is 4.68. The van der Waals surface area contributed by atoms with Crippen LogP contribution in [0.3, 0.4) is 0 Å². The normalized spacial score (nSPS) is 15.6. The van der Waals surface area contributed by atoms with Gasteiger partial charge < -0.3 is 9.73 Å². The highest BCUT2D eigenvalue weighted by Gasteiger charge is 2.29. The molecule has 0 aliphatic heterocycles. The van der Waals surface area contributed by atoms with E-state index in [-0.39, 0.29) is 17.5 Å². The Balaban J connectivity index is 1.67. The van der Waals surface area contributed by atoms with E-state index >= 15 is 0 Å². The van der Waals surface area contributed by atoms with Crippen LogP contribution in [0.4, 0.5) is 0 Å². The van der Waals surface area contributed by atoms with E-state index in [9.17, 15) is 10.1 Å². The summed E-state index contributed by atoms with van der Waals surface area (Å²) in [6.45, 7) is 1.71. The van der Waals surface area contributed by atoms with Gasteiger partial charge in [-0.15, -0.1) is 0 Å². The van der Waals surface area contributed by atoms with Gasteiger partial charge in [-0.1, -0.05) is 24.3 Å². The molecular formula is C20H17N3O2. The minimum atomic E-state index is -0.266. The van der Waals surface area contributed by atoms with Gasteiger partial charge in [0.15, 0.2) is 0 Å². The van der Waals surface area contributed by atoms with Crippen LogP contribution in [-0.4, -0.2) is 10.5 Å². The molecule has 0 saturated heterocycles. The van der Waals surface area contributed by atoms with Gasteiger partial charge in [-0.2, -0.15) is 5.26 Å². The molecule has 1 aliphatic rings. The van der Waals surface area contributed by atoms with Crippen molar-refractivity contribution in [2.24, 2.45) is 0 Å². The Morgan fingerprint density at radius 3 is 2.80 bits per heavy atom. The number of aromatic nitrogens is 1. The van der Waals surface area contributed by atoms with Crippen LogP contribution in [0.1, 0.15) is 45.3 Å². The van der Waals surface area contributed by atoms with Crippen molar-refractivity contribution in [3.8, 4) is 12.0 Å². The van der Waals surface area contributed by atoms with E-state index in [2.05, 4.69) is 17.5 Å². The van der Waals surface area contributed by atoms with Crippen LogP contribution in [0.15, 0.2) is 53.2 Å². The van der Waals surface area contributed by atoms with Crippen molar-refractivity contribution >= 4 is 5.91 Å². The molecule has 5 heteroatoms.